The van der Waals surface area contributed by atoms with Crippen molar-refractivity contribution in [2.45, 2.75) is 0 Å². The number of rotatable bonds is 2. The van der Waals surface area contributed by atoms with Crippen molar-refractivity contribution in [2.24, 2.45) is 0 Å². The number of fused-ring (bicyclic) bond motifs is 2. The van der Waals surface area contributed by atoms with Gasteiger partial charge in [-0.25, -0.2) is 0 Å². The molecule has 3 aromatic carbocycles. The quantitative estimate of drug-likeness (QED) is 0.479. The first-order chi connectivity index (χ1) is 12.8. The first-order valence-corrected chi connectivity index (χ1v) is 8.92. The highest BCUT2D eigenvalue weighted by Gasteiger charge is 2.14. The Kier molecular flexibility index (Phi) is 3.36. The van der Waals surface area contributed by atoms with Crippen molar-refractivity contribution in [3.63, 3.8) is 0 Å². The lowest BCUT2D eigenvalue weighted by Crippen LogP contribution is -2.19. The van der Waals surface area contributed by atoms with E-state index in [2.05, 4.69) is 39.6 Å². The molecule has 0 bridgehead atoms. The monoisotopic (exact) mass is 356 g/mol. The van der Waals surface area contributed by atoms with Gasteiger partial charge in [0.05, 0.1) is 0 Å². The Morgan fingerprint density at radius 3 is 2.38 bits per heavy atom. The highest BCUT2D eigenvalue weighted by Crippen LogP contribution is 2.27. The third-order valence-electron chi connectivity index (χ3n) is 4.23. The average molecular weight is 356 g/mol. The van der Waals surface area contributed by atoms with Crippen LogP contribution in [0.5, 0.6) is 0 Å². The van der Waals surface area contributed by atoms with Crippen molar-refractivity contribution in [2.75, 3.05) is 0 Å². The van der Waals surface area contributed by atoms with Crippen molar-refractivity contribution in [1.82, 2.24) is 19.8 Å². The van der Waals surface area contributed by atoms with Gasteiger partial charge >= 0.3 is 5.56 Å². The van der Waals surface area contributed by atoms with E-state index in [1.54, 1.807) is 0 Å². The maximum atomic E-state index is 12.8. The maximum absolute atomic E-state index is 12.8. The second-order valence-corrected chi connectivity index (χ2v) is 6.84. The van der Waals surface area contributed by atoms with Crippen molar-refractivity contribution < 1.29 is 0 Å². The molecule has 5 rings (SSSR count). The maximum Gasteiger partial charge on any atom is 0.302 e. The minimum atomic E-state index is -0.260. The molecule has 5 nitrogen and oxygen atoms in total. The Bertz CT molecular complexity index is 1310. The van der Waals surface area contributed by atoms with Gasteiger partial charge in [0.1, 0.15) is 5.01 Å². The number of benzene rings is 3. The predicted octanol–water partition coefficient (Wildman–Crippen LogP) is 4.03. The minimum Gasteiger partial charge on any atom is -0.265 e. The molecule has 26 heavy (non-hydrogen) atoms. The van der Waals surface area contributed by atoms with Crippen molar-refractivity contribution >= 4 is 27.1 Å². The van der Waals surface area contributed by atoms with Gasteiger partial charge < -0.3 is 0 Å². The van der Waals surface area contributed by atoms with E-state index in [4.69, 9.17) is 0 Å². The molecule has 6 heteroatoms. The topological polar surface area (TPSA) is 60.2 Å². The van der Waals surface area contributed by atoms with Crippen molar-refractivity contribution in [3.8, 4) is 21.8 Å². The predicted molar refractivity (Wildman–Crippen MR) is 103 cm³/mol. The molecule has 0 unspecified atom stereocenters. The fourth-order valence-electron chi connectivity index (χ4n) is 2.93. The number of aromatic nitrogens is 4. The van der Waals surface area contributed by atoms with Crippen LogP contribution in [0.1, 0.15) is 0 Å². The highest BCUT2D eigenvalue weighted by atomic mass is 32.1. The van der Waals surface area contributed by atoms with Crippen molar-refractivity contribution in [3.05, 3.63) is 83.2 Å². The van der Waals surface area contributed by atoms with Crippen LogP contribution in [0.2, 0.25) is 0 Å². The van der Waals surface area contributed by atoms with Crippen LogP contribution in [-0.4, -0.2) is 19.8 Å². The smallest absolute Gasteiger partial charge is 0.265 e. The summed E-state index contributed by atoms with van der Waals surface area (Å²) < 4.78 is 1.34. The number of hydrogen-bond acceptors (Lipinski definition) is 5. The van der Waals surface area contributed by atoms with Gasteiger partial charge in [-0.2, -0.15) is 9.61 Å². The van der Waals surface area contributed by atoms with Crippen LogP contribution >= 0.6 is 11.3 Å². The Hall–Kier alpha value is -3.38. The first-order valence-electron chi connectivity index (χ1n) is 8.11. The summed E-state index contributed by atoms with van der Waals surface area (Å²) in [5.41, 5.74) is 1.74. The summed E-state index contributed by atoms with van der Waals surface area (Å²) in [7, 11) is 0. The highest BCUT2D eigenvalue weighted by molar-refractivity contribution is 7.19. The molecule has 2 aromatic heterocycles. The van der Waals surface area contributed by atoms with E-state index >= 15 is 0 Å². The van der Waals surface area contributed by atoms with Crippen LogP contribution in [-0.2, 0) is 0 Å². The van der Waals surface area contributed by atoms with Gasteiger partial charge in [-0.3, -0.25) is 4.79 Å². The lowest BCUT2D eigenvalue weighted by Gasteiger charge is -1.99. The summed E-state index contributed by atoms with van der Waals surface area (Å²) in [6.07, 6.45) is 0. The second kappa shape index (κ2) is 5.86. The van der Waals surface area contributed by atoms with Gasteiger partial charge in [0, 0.05) is 11.1 Å². The van der Waals surface area contributed by atoms with Crippen LogP contribution in [0.15, 0.2) is 77.6 Å². The first kappa shape index (κ1) is 14.9. The van der Waals surface area contributed by atoms with E-state index in [1.165, 1.54) is 21.2 Å². The average Bonchev–Trinajstić information content (AvgIpc) is 3.14. The van der Waals surface area contributed by atoms with Gasteiger partial charge in [0.25, 0.3) is 0 Å². The molecule has 0 spiro atoms. The summed E-state index contributed by atoms with van der Waals surface area (Å²) in [6, 6.07) is 23.6. The minimum absolute atomic E-state index is 0.260. The molecular weight excluding hydrogens is 344 g/mol. The summed E-state index contributed by atoms with van der Waals surface area (Å²) in [4.78, 5) is 13.3. The molecule has 0 aliphatic rings. The molecule has 124 valence electrons. The summed E-state index contributed by atoms with van der Waals surface area (Å²) >= 11 is 1.36. The summed E-state index contributed by atoms with van der Waals surface area (Å²) in [6.45, 7) is 0. The molecule has 0 atom stereocenters. The number of nitrogens with zero attached hydrogens (tertiary/aromatic N) is 4. The fraction of sp³-hybridized carbons (Fsp3) is 0. The molecule has 0 fully saturated rings. The Morgan fingerprint density at radius 1 is 0.769 bits per heavy atom. The van der Waals surface area contributed by atoms with Crippen LogP contribution in [0.4, 0.5) is 0 Å². The van der Waals surface area contributed by atoms with Gasteiger partial charge in [-0.05, 0) is 16.8 Å². The second-order valence-electron chi connectivity index (χ2n) is 5.88. The largest absolute Gasteiger partial charge is 0.302 e. The normalized spacial score (nSPS) is 11.2. The summed E-state index contributed by atoms with van der Waals surface area (Å²) in [5, 5.41) is 15.9. The molecule has 0 aliphatic heterocycles. The van der Waals surface area contributed by atoms with Crippen LogP contribution in [0, 0.1) is 0 Å². The van der Waals surface area contributed by atoms with E-state index in [0.717, 1.165) is 21.5 Å². The zero-order valence-electron chi connectivity index (χ0n) is 13.5. The molecule has 0 aliphatic carbocycles. The standard InChI is InChI=1S/C20H12N4OS/c25-19-17(14-7-2-1-3-8-14)21-22-20-24(19)23-18(26-20)16-11-10-13-6-4-5-9-15(13)12-16/h1-12H. The van der Waals surface area contributed by atoms with E-state index in [-0.39, 0.29) is 5.56 Å². The zero-order chi connectivity index (χ0) is 17.5. The zero-order valence-corrected chi connectivity index (χ0v) is 14.4. The molecule has 5 aromatic rings. The third-order valence-corrected chi connectivity index (χ3v) is 5.18. The fourth-order valence-corrected chi connectivity index (χ4v) is 3.76. The molecule has 0 saturated heterocycles. The van der Waals surface area contributed by atoms with Gasteiger partial charge in [0.15, 0.2) is 5.69 Å². The van der Waals surface area contributed by atoms with Crippen molar-refractivity contribution in [1.29, 1.82) is 0 Å². The third kappa shape index (κ3) is 2.39. The van der Waals surface area contributed by atoms with Crippen LogP contribution in [0.25, 0.3) is 37.6 Å². The number of hydrogen-bond donors (Lipinski definition) is 0. The Morgan fingerprint density at radius 2 is 1.54 bits per heavy atom. The molecule has 0 N–H and O–H groups in total. The van der Waals surface area contributed by atoms with E-state index < -0.39 is 0 Å². The van der Waals surface area contributed by atoms with E-state index in [0.29, 0.717) is 10.7 Å². The van der Waals surface area contributed by atoms with Gasteiger partial charge in [0.2, 0.25) is 4.96 Å². The molecule has 2 heterocycles. The van der Waals surface area contributed by atoms with Crippen LogP contribution in [0.3, 0.4) is 0 Å². The summed E-state index contributed by atoms with van der Waals surface area (Å²) in [5.74, 6) is 0. The molecule has 0 amide bonds. The molecule has 0 saturated carbocycles. The van der Waals surface area contributed by atoms with E-state index in [9.17, 15) is 4.79 Å². The van der Waals surface area contributed by atoms with Crippen LogP contribution < -0.4 is 5.56 Å². The lowest BCUT2D eigenvalue weighted by atomic mass is 10.1. The Labute approximate surface area is 152 Å². The van der Waals surface area contributed by atoms with Gasteiger partial charge in [-0.1, -0.05) is 78.1 Å². The lowest BCUT2D eigenvalue weighted by molar-refractivity contribution is 0.862. The molecule has 0 radical (unpaired) electrons. The Balaban J connectivity index is 1.68. The SMILES string of the molecule is O=c1c(-c2ccccc2)nnc2sc(-c3ccc4ccccc4c3)nn12. The van der Waals surface area contributed by atoms with E-state index in [1.807, 2.05) is 48.5 Å². The molecular formula is C20H12N4OS. The van der Waals surface area contributed by atoms with Gasteiger partial charge in [-0.15, -0.1) is 10.2 Å².